The van der Waals surface area contributed by atoms with Crippen molar-refractivity contribution in [3.63, 3.8) is 0 Å². The maximum absolute atomic E-state index is 11.5. The highest BCUT2D eigenvalue weighted by atomic mass is 16.6. The number of nitro groups is 1. The van der Waals surface area contributed by atoms with E-state index >= 15 is 0 Å². The maximum atomic E-state index is 11.5. The van der Waals surface area contributed by atoms with Crippen molar-refractivity contribution in [3.8, 4) is 0 Å². The van der Waals surface area contributed by atoms with Gasteiger partial charge in [0.15, 0.2) is 0 Å². The van der Waals surface area contributed by atoms with E-state index in [4.69, 9.17) is 5.73 Å². The van der Waals surface area contributed by atoms with Gasteiger partial charge >= 0.3 is 0 Å². The molecule has 2 rings (SSSR count). The molecule has 0 bridgehead atoms. The molecule has 0 aliphatic carbocycles. The Labute approximate surface area is 94.4 Å². The molecule has 7 heteroatoms. The van der Waals surface area contributed by atoms with Crippen LogP contribution in [-0.4, -0.2) is 21.6 Å². The second kappa shape index (κ2) is 3.71. The minimum Gasteiger partial charge on any atom is -0.363 e. The molecule has 0 saturated carbocycles. The zero-order chi connectivity index (χ0) is 12.6. The van der Waals surface area contributed by atoms with E-state index in [0.29, 0.717) is 5.52 Å². The van der Waals surface area contributed by atoms with Gasteiger partial charge in [0.1, 0.15) is 0 Å². The summed E-state index contributed by atoms with van der Waals surface area (Å²) in [5.41, 5.74) is 4.95. The predicted molar refractivity (Wildman–Crippen MR) is 58.5 cm³/mol. The number of nitrogens with one attached hydrogen (secondary N) is 1. The Morgan fingerprint density at radius 1 is 1.35 bits per heavy atom. The number of H-pyrrole nitrogens is 1. The number of Topliss-reactive ketones (excluding diaryl/α,β-unsaturated/α-hetero) is 1. The first-order chi connectivity index (χ1) is 8.02. The average Bonchev–Trinajstić information content (AvgIpc) is 2.70. The largest absolute Gasteiger partial charge is 0.363 e. The third-order valence-electron chi connectivity index (χ3n) is 2.35. The number of ketones is 1. The molecule has 0 fully saturated rings. The van der Waals surface area contributed by atoms with Crippen molar-refractivity contribution in [1.82, 2.24) is 4.98 Å². The van der Waals surface area contributed by atoms with Crippen LogP contribution in [0.15, 0.2) is 24.4 Å². The van der Waals surface area contributed by atoms with Crippen LogP contribution >= 0.6 is 0 Å². The van der Waals surface area contributed by atoms with Crippen LogP contribution in [-0.2, 0) is 4.79 Å². The Balaban J connectivity index is 2.78. The number of hydrogen-bond donors (Lipinski definition) is 2. The molecule has 0 radical (unpaired) electrons. The lowest BCUT2D eigenvalue weighted by atomic mass is 10.1. The SMILES string of the molecule is NC(=O)C(=O)c1c[nH]c2cccc([N+](=O)[O-])c12. The number of fused-ring (bicyclic) bond motifs is 1. The van der Waals surface area contributed by atoms with Gasteiger partial charge < -0.3 is 10.7 Å². The van der Waals surface area contributed by atoms with Crippen molar-refractivity contribution in [2.75, 3.05) is 0 Å². The number of benzene rings is 1. The molecule has 0 saturated heterocycles. The molecule has 3 N–H and O–H groups in total. The number of nitrogens with zero attached hydrogens (tertiary/aromatic N) is 1. The molecule has 2 aromatic rings. The van der Waals surface area contributed by atoms with Crippen LogP contribution in [0.4, 0.5) is 5.69 Å². The molecule has 0 unspecified atom stereocenters. The number of nitrogens with two attached hydrogens (primary N) is 1. The van der Waals surface area contributed by atoms with Gasteiger partial charge in [0, 0.05) is 12.3 Å². The monoisotopic (exact) mass is 233 g/mol. The second-order valence-corrected chi connectivity index (χ2v) is 3.35. The highest BCUT2D eigenvalue weighted by molar-refractivity contribution is 6.44. The normalized spacial score (nSPS) is 10.4. The summed E-state index contributed by atoms with van der Waals surface area (Å²) in [5.74, 6) is -2.10. The standard InChI is InChI=1S/C10H7N3O4/c11-10(15)9(14)5-4-12-6-2-1-3-7(8(5)6)13(16)17/h1-4,12H,(H2,11,15). The number of carbonyl (C=O) groups is 2. The van der Waals surface area contributed by atoms with Gasteiger partial charge in [0.05, 0.1) is 21.4 Å². The smallest absolute Gasteiger partial charge is 0.289 e. The third-order valence-corrected chi connectivity index (χ3v) is 2.35. The Hall–Kier alpha value is -2.70. The van der Waals surface area contributed by atoms with E-state index < -0.39 is 16.6 Å². The summed E-state index contributed by atoms with van der Waals surface area (Å²) in [6.07, 6.45) is 1.24. The van der Waals surface area contributed by atoms with Gasteiger partial charge in [0.25, 0.3) is 17.4 Å². The van der Waals surface area contributed by atoms with Crippen LogP contribution < -0.4 is 5.73 Å². The molecule has 1 heterocycles. The van der Waals surface area contributed by atoms with Gasteiger partial charge in [0.2, 0.25) is 0 Å². The molecule has 1 amide bonds. The number of hydrogen-bond acceptors (Lipinski definition) is 4. The van der Waals surface area contributed by atoms with Crippen LogP contribution in [0.3, 0.4) is 0 Å². The van der Waals surface area contributed by atoms with Crippen molar-refractivity contribution in [1.29, 1.82) is 0 Å². The van der Waals surface area contributed by atoms with E-state index in [-0.39, 0.29) is 16.6 Å². The van der Waals surface area contributed by atoms with Gasteiger partial charge in [-0.2, -0.15) is 0 Å². The first-order valence-corrected chi connectivity index (χ1v) is 4.61. The van der Waals surface area contributed by atoms with E-state index in [9.17, 15) is 19.7 Å². The molecule has 7 nitrogen and oxygen atoms in total. The molecule has 1 aromatic carbocycles. The summed E-state index contributed by atoms with van der Waals surface area (Å²) < 4.78 is 0. The molecular formula is C10H7N3O4. The number of aromatic nitrogens is 1. The lowest BCUT2D eigenvalue weighted by Gasteiger charge is -1.96. The topological polar surface area (TPSA) is 119 Å². The molecular weight excluding hydrogens is 226 g/mol. The molecule has 1 aromatic heterocycles. The highest BCUT2D eigenvalue weighted by Crippen LogP contribution is 2.28. The summed E-state index contributed by atoms with van der Waals surface area (Å²) in [4.78, 5) is 35.2. The molecule has 17 heavy (non-hydrogen) atoms. The van der Waals surface area contributed by atoms with Gasteiger partial charge in [-0.1, -0.05) is 6.07 Å². The number of carbonyl (C=O) groups excluding carboxylic acids is 2. The van der Waals surface area contributed by atoms with E-state index in [1.165, 1.54) is 18.3 Å². The van der Waals surface area contributed by atoms with Crippen LogP contribution in [0.2, 0.25) is 0 Å². The van der Waals surface area contributed by atoms with Gasteiger partial charge in [-0.15, -0.1) is 0 Å². The summed E-state index contributed by atoms with van der Waals surface area (Å²) in [7, 11) is 0. The highest BCUT2D eigenvalue weighted by Gasteiger charge is 2.23. The number of nitro benzene ring substituents is 1. The van der Waals surface area contributed by atoms with E-state index in [1.54, 1.807) is 6.07 Å². The minimum absolute atomic E-state index is 0.0835. The lowest BCUT2D eigenvalue weighted by Crippen LogP contribution is -2.22. The van der Waals surface area contributed by atoms with Crippen LogP contribution in [0.25, 0.3) is 10.9 Å². The predicted octanol–water partition coefficient (Wildman–Crippen LogP) is 0.744. The number of aromatic amines is 1. The molecule has 86 valence electrons. The summed E-state index contributed by atoms with van der Waals surface area (Å²) >= 11 is 0. The Bertz CT molecular complexity index is 644. The third kappa shape index (κ3) is 1.63. The maximum Gasteiger partial charge on any atom is 0.289 e. The van der Waals surface area contributed by atoms with Crippen LogP contribution in [0, 0.1) is 10.1 Å². The quantitative estimate of drug-likeness (QED) is 0.351. The zero-order valence-corrected chi connectivity index (χ0v) is 8.47. The van der Waals surface area contributed by atoms with Crippen molar-refractivity contribution in [2.24, 2.45) is 5.73 Å². The fraction of sp³-hybridized carbons (Fsp3) is 0. The van der Waals surface area contributed by atoms with Crippen molar-refractivity contribution in [2.45, 2.75) is 0 Å². The molecule has 0 aliphatic heterocycles. The zero-order valence-electron chi connectivity index (χ0n) is 8.47. The Kier molecular flexibility index (Phi) is 2.36. The lowest BCUT2D eigenvalue weighted by molar-refractivity contribution is -0.383. The average molecular weight is 233 g/mol. The second-order valence-electron chi connectivity index (χ2n) is 3.35. The van der Waals surface area contributed by atoms with Gasteiger partial charge in [-0.3, -0.25) is 19.7 Å². The van der Waals surface area contributed by atoms with E-state index in [0.717, 1.165) is 0 Å². The summed E-state index contributed by atoms with van der Waals surface area (Å²) in [6, 6.07) is 4.31. The number of rotatable bonds is 3. The van der Waals surface area contributed by atoms with Crippen molar-refractivity contribution >= 4 is 28.3 Å². The van der Waals surface area contributed by atoms with Gasteiger partial charge in [-0.25, -0.2) is 0 Å². The van der Waals surface area contributed by atoms with E-state index in [1.807, 2.05) is 0 Å². The molecule has 0 atom stereocenters. The molecule has 0 spiro atoms. The van der Waals surface area contributed by atoms with Crippen LogP contribution in [0.5, 0.6) is 0 Å². The Morgan fingerprint density at radius 2 is 2.06 bits per heavy atom. The van der Waals surface area contributed by atoms with Crippen LogP contribution in [0.1, 0.15) is 10.4 Å². The van der Waals surface area contributed by atoms with Crippen molar-refractivity contribution in [3.05, 3.63) is 40.1 Å². The first kappa shape index (κ1) is 10.8. The summed E-state index contributed by atoms with van der Waals surface area (Å²) in [5, 5.41) is 10.9. The first-order valence-electron chi connectivity index (χ1n) is 4.61. The number of non-ortho nitro benzene ring substituents is 1. The van der Waals surface area contributed by atoms with E-state index in [2.05, 4.69) is 4.98 Å². The fourth-order valence-electron chi connectivity index (χ4n) is 1.63. The van der Waals surface area contributed by atoms with Gasteiger partial charge in [-0.05, 0) is 6.07 Å². The number of amides is 1. The van der Waals surface area contributed by atoms with Crippen molar-refractivity contribution < 1.29 is 14.5 Å². The molecule has 0 aliphatic rings. The summed E-state index contributed by atoms with van der Waals surface area (Å²) in [6.45, 7) is 0. The Morgan fingerprint density at radius 3 is 2.65 bits per heavy atom. The fourth-order valence-corrected chi connectivity index (χ4v) is 1.63. The minimum atomic E-state index is -1.15. The number of primary amides is 1.